The van der Waals surface area contributed by atoms with Gasteiger partial charge in [-0.2, -0.15) is 0 Å². The highest BCUT2D eigenvalue weighted by Crippen LogP contribution is 2.22. The van der Waals surface area contributed by atoms with E-state index in [9.17, 15) is 4.79 Å². The van der Waals surface area contributed by atoms with E-state index in [-0.39, 0.29) is 5.56 Å². The summed E-state index contributed by atoms with van der Waals surface area (Å²) < 4.78 is 0. The largest absolute Gasteiger partial charge is 0.478 e. The van der Waals surface area contributed by atoms with Gasteiger partial charge < -0.3 is 21.1 Å². The molecular weight excluding hydrogens is 230 g/mol. The first-order valence-corrected chi connectivity index (χ1v) is 6.11. The minimum atomic E-state index is -0.932. The van der Waals surface area contributed by atoms with Crippen LogP contribution < -0.4 is 11.1 Å². The molecule has 0 bridgehead atoms. The van der Waals surface area contributed by atoms with Gasteiger partial charge in [-0.05, 0) is 44.1 Å². The summed E-state index contributed by atoms with van der Waals surface area (Å²) in [5, 5.41) is 12.2. The zero-order valence-electron chi connectivity index (χ0n) is 10.5. The van der Waals surface area contributed by atoms with Gasteiger partial charge in [-0.25, -0.2) is 4.79 Å². The van der Waals surface area contributed by atoms with E-state index in [4.69, 9.17) is 10.8 Å². The molecule has 1 saturated heterocycles. The number of carbonyl (C=O) groups is 1. The van der Waals surface area contributed by atoms with Crippen LogP contribution in [0.25, 0.3) is 0 Å². The quantitative estimate of drug-likeness (QED) is 0.702. The van der Waals surface area contributed by atoms with Crippen molar-refractivity contribution in [1.82, 2.24) is 4.90 Å². The monoisotopic (exact) mass is 249 g/mol. The third-order valence-corrected chi connectivity index (χ3v) is 3.37. The van der Waals surface area contributed by atoms with Crippen LogP contribution in [-0.4, -0.2) is 42.7 Å². The molecule has 0 saturated carbocycles. The van der Waals surface area contributed by atoms with Crippen molar-refractivity contribution >= 4 is 17.3 Å². The van der Waals surface area contributed by atoms with Crippen LogP contribution in [-0.2, 0) is 0 Å². The molecule has 1 aromatic rings. The van der Waals surface area contributed by atoms with Crippen molar-refractivity contribution < 1.29 is 9.90 Å². The molecule has 0 amide bonds. The number of hydrogen-bond donors (Lipinski definition) is 3. The zero-order valence-corrected chi connectivity index (χ0v) is 10.5. The summed E-state index contributed by atoms with van der Waals surface area (Å²) in [6.45, 7) is 3.03. The lowest BCUT2D eigenvalue weighted by molar-refractivity contribution is 0.0697. The molecule has 5 heteroatoms. The molecule has 0 spiro atoms. The molecule has 0 radical (unpaired) electrons. The number of hydrogen-bond acceptors (Lipinski definition) is 4. The Bertz CT molecular complexity index is 448. The van der Waals surface area contributed by atoms with Crippen LogP contribution in [0.4, 0.5) is 11.4 Å². The molecular formula is C13H19N3O2. The number of nitrogen functional groups attached to an aromatic ring is 1. The molecule has 18 heavy (non-hydrogen) atoms. The Morgan fingerprint density at radius 2 is 2.39 bits per heavy atom. The van der Waals surface area contributed by atoms with E-state index in [1.165, 1.54) is 12.5 Å². The van der Waals surface area contributed by atoms with Gasteiger partial charge in [-0.3, -0.25) is 0 Å². The number of carboxylic acid groups (broad SMARTS) is 1. The average Bonchev–Trinajstić information content (AvgIpc) is 2.74. The number of nitrogens with zero attached hydrogens (tertiary/aromatic N) is 1. The lowest BCUT2D eigenvalue weighted by Crippen LogP contribution is -2.19. The first-order chi connectivity index (χ1) is 8.56. The molecule has 98 valence electrons. The first-order valence-electron chi connectivity index (χ1n) is 6.11. The lowest BCUT2D eigenvalue weighted by atomic mass is 10.1. The number of likely N-dealkylation sites (tertiary alicyclic amines) is 1. The van der Waals surface area contributed by atoms with Gasteiger partial charge in [0, 0.05) is 13.1 Å². The van der Waals surface area contributed by atoms with Gasteiger partial charge >= 0.3 is 5.97 Å². The van der Waals surface area contributed by atoms with Gasteiger partial charge in [0.2, 0.25) is 0 Å². The molecule has 1 aliphatic rings. The maximum Gasteiger partial charge on any atom is 0.335 e. The second-order valence-electron chi connectivity index (χ2n) is 4.91. The number of anilines is 2. The summed E-state index contributed by atoms with van der Waals surface area (Å²) in [6.07, 6.45) is 1.17. The van der Waals surface area contributed by atoms with Crippen LogP contribution in [0.5, 0.6) is 0 Å². The average molecular weight is 249 g/mol. The van der Waals surface area contributed by atoms with Crippen LogP contribution in [0.15, 0.2) is 18.2 Å². The van der Waals surface area contributed by atoms with E-state index in [2.05, 4.69) is 17.3 Å². The summed E-state index contributed by atoms with van der Waals surface area (Å²) in [6, 6.07) is 4.75. The van der Waals surface area contributed by atoms with Crippen LogP contribution in [0, 0.1) is 5.92 Å². The fraction of sp³-hybridized carbons (Fsp3) is 0.462. The molecule has 1 aromatic carbocycles. The molecule has 1 aliphatic heterocycles. The fourth-order valence-electron chi connectivity index (χ4n) is 2.29. The minimum absolute atomic E-state index is 0.259. The topological polar surface area (TPSA) is 78.6 Å². The van der Waals surface area contributed by atoms with Crippen molar-refractivity contribution in [1.29, 1.82) is 0 Å². The smallest absolute Gasteiger partial charge is 0.335 e. The second-order valence-corrected chi connectivity index (χ2v) is 4.91. The number of rotatable bonds is 4. The van der Waals surface area contributed by atoms with Crippen molar-refractivity contribution in [3.8, 4) is 0 Å². The zero-order chi connectivity index (χ0) is 13.1. The SMILES string of the molecule is CN1CCC(CNc2cc(C(=O)O)ccc2N)C1. The summed E-state index contributed by atoms with van der Waals surface area (Å²) in [5.74, 6) is -0.332. The predicted molar refractivity (Wildman–Crippen MR) is 71.9 cm³/mol. The van der Waals surface area contributed by atoms with Gasteiger partial charge in [-0.15, -0.1) is 0 Å². The third-order valence-electron chi connectivity index (χ3n) is 3.37. The number of carboxylic acids is 1. The van der Waals surface area contributed by atoms with Crippen LogP contribution in [0.1, 0.15) is 16.8 Å². The number of aromatic carboxylic acids is 1. The predicted octanol–water partition coefficient (Wildman–Crippen LogP) is 1.33. The van der Waals surface area contributed by atoms with Crippen LogP contribution >= 0.6 is 0 Å². The van der Waals surface area contributed by atoms with Gasteiger partial charge in [0.05, 0.1) is 16.9 Å². The third kappa shape index (κ3) is 2.92. The number of benzene rings is 1. The summed E-state index contributed by atoms with van der Waals surface area (Å²) >= 11 is 0. The van der Waals surface area contributed by atoms with E-state index in [1.54, 1.807) is 12.1 Å². The van der Waals surface area contributed by atoms with Gasteiger partial charge in [0.1, 0.15) is 0 Å². The molecule has 1 fully saturated rings. The van der Waals surface area contributed by atoms with Gasteiger partial charge in [0.25, 0.3) is 0 Å². The number of nitrogens with two attached hydrogens (primary N) is 1. The fourth-order valence-corrected chi connectivity index (χ4v) is 2.29. The van der Waals surface area contributed by atoms with Crippen molar-refractivity contribution in [2.45, 2.75) is 6.42 Å². The Morgan fingerprint density at radius 1 is 1.61 bits per heavy atom. The summed E-state index contributed by atoms with van der Waals surface area (Å²) in [5.41, 5.74) is 7.40. The summed E-state index contributed by atoms with van der Waals surface area (Å²) in [4.78, 5) is 13.2. The van der Waals surface area contributed by atoms with Crippen molar-refractivity contribution in [3.05, 3.63) is 23.8 Å². The van der Waals surface area contributed by atoms with Crippen molar-refractivity contribution in [3.63, 3.8) is 0 Å². The van der Waals surface area contributed by atoms with Crippen molar-refractivity contribution in [2.24, 2.45) is 5.92 Å². The Balaban J connectivity index is 2.00. The van der Waals surface area contributed by atoms with Gasteiger partial charge in [0.15, 0.2) is 0 Å². The van der Waals surface area contributed by atoms with E-state index >= 15 is 0 Å². The van der Waals surface area contributed by atoms with Gasteiger partial charge in [-0.1, -0.05) is 0 Å². The van der Waals surface area contributed by atoms with Crippen molar-refractivity contribution in [2.75, 3.05) is 37.7 Å². The van der Waals surface area contributed by atoms with E-state index < -0.39 is 5.97 Å². The molecule has 1 heterocycles. The second kappa shape index (κ2) is 5.27. The van der Waals surface area contributed by atoms with E-state index in [1.807, 2.05) is 0 Å². The van der Waals surface area contributed by atoms with Crippen LogP contribution in [0.2, 0.25) is 0 Å². The lowest BCUT2D eigenvalue weighted by Gasteiger charge is -2.14. The molecule has 4 N–H and O–H groups in total. The first kappa shape index (κ1) is 12.7. The Morgan fingerprint density at radius 3 is 3.00 bits per heavy atom. The standard InChI is InChI=1S/C13H19N3O2/c1-16-5-4-9(8-16)7-15-12-6-10(13(17)18)2-3-11(12)14/h2-3,6,9,15H,4-5,7-8,14H2,1H3,(H,17,18). The minimum Gasteiger partial charge on any atom is -0.478 e. The van der Waals surface area contributed by atoms with Crippen LogP contribution in [0.3, 0.4) is 0 Å². The maximum absolute atomic E-state index is 10.9. The summed E-state index contributed by atoms with van der Waals surface area (Å²) in [7, 11) is 2.11. The Kier molecular flexibility index (Phi) is 3.72. The number of nitrogens with one attached hydrogen (secondary N) is 1. The molecule has 0 aliphatic carbocycles. The highest BCUT2D eigenvalue weighted by atomic mass is 16.4. The Labute approximate surface area is 107 Å². The molecule has 5 nitrogen and oxygen atoms in total. The highest BCUT2D eigenvalue weighted by Gasteiger charge is 2.19. The van der Waals surface area contributed by atoms with E-state index in [0.29, 0.717) is 17.3 Å². The van der Waals surface area contributed by atoms with E-state index in [0.717, 1.165) is 19.6 Å². The molecule has 0 aromatic heterocycles. The molecule has 1 unspecified atom stereocenters. The normalized spacial score (nSPS) is 19.9. The molecule has 1 atom stereocenters. The molecule has 2 rings (SSSR count). The Hall–Kier alpha value is -1.75. The highest BCUT2D eigenvalue weighted by molar-refractivity contribution is 5.90. The maximum atomic E-state index is 10.9.